The summed E-state index contributed by atoms with van der Waals surface area (Å²) in [4.78, 5) is 3.64. The third-order valence-corrected chi connectivity index (χ3v) is 4.23. The Morgan fingerprint density at radius 2 is 1.70 bits per heavy atom. The van der Waals surface area contributed by atoms with Crippen molar-refractivity contribution in [1.29, 1.82) is 0 Å². The minimum atomic E-state index is -4.13. The number of piperazine rings is 1. The van der Waals surface area contributed by atoms with Crippen LogP contribution in [-0.2, 0) is 4.74 Å². The van der Waals surface area contributed by atoms with Crippen LogP contribution in [-0.4, -0.2) is 74.5 Å². The van der Waals surface area contributed by atoms with E-state index >= 15 is 0 Å². The molecule has 2 N–H and O–H groups in total. The van der Waals surface area contributed by atoms with Gasteiger partial charge in [-0.3, -0.25) is 9.80 Å². The number of rotatable bonds is 6. The fourth-order valence-corrected chi connectivity index (χ4v) is 2.90. The molecular formula is C13H26F3N3O. The minimum Gasteiger partial charge on any atom is -0.383 e. The summed E-state index contributed by atoms with van der Waals surface area (Å²) in [6.45, 7) is 6.28. The van der Waals surface area contributed by atoms with Crippen molar-refractivity contribution >= 4 is 0 Å². The largest absolute Gasteiger partial charge is 0.401 e. The van der Waals surface area contributed by atoms with Crippen molar-refractivity contribution in [3.05, 3.63) is 0 Å². The molecule has 4 nitrogen and oxygen atoms in total. The van der Waals surface area contributed by atoms with Gasteiger partial charge in [-0.05, 0) is 5.92 Å². The van der Waals surface area contributed by atoms with Gasteiger partial charge in [0.25, 0.3) is 0 Å². The Morgan fingerprint density at radius 3 is 2.05 bits per heavy atom. The molecule has 0 spiro atoms. The Bertz CT molecular complexity index is 291. The fraction of sp³-hybridized carbons (Fsp3) is 1.00. The Balaban J connectivity index is 2.65. The highest BCUT2D eigenvalue weighted by molar-refractivity contribution is 4.96. The molecule has 1 heterocycles. The Kier molecular flexibility index (Phi) is 6.25. The lowest BCUT2D eigenvalue weighted by atomic mass is 9.84. The molecule has 0 saturated carbocycles. The smallest absolute Gasteiger partial charge is 0.383 e. The topological polar surface area (TPSA) is 41.7 Å². The predicted octanol–water partition coefficient (Wildman–Crippen LogP) is 1.17. The van der Waals surface area contributed by atoms with Crippen molar-refractivity contribution < 1.29 is 17.9 Å². The molecule has 0 aromatic heterocycles. The van der Waals surface area contributed by atoms with Gasteiger partial charge in [0, 0.05) is 39.8 Å². The number of halogens is 3. The highest BCUT2D eigenvalue weighted by Gasteiger charge is 2.41. The van der Waals surface area contributed by atoms with Crippen molar-refractivity contribution in [2.24, 2.45) is 11.7 Å². The molecule has 0 aliphatic carbocycles. The summed E-state index contributed by atoms with van der Waals surface area (Å²) in [6.07, 6.45) is -4.13. The average Bonchev–Trinajstić information content (AvgIpc) is 2.35. The SMILES string of the molecule is COCC(CN)(C(C)C)N1CCN(CC(F)(F)F)CC1. The second kappa shape index (κ2) is 7.06. The molecule has 120 valence electrons. The van der Waals surface area contributed by atoms with Gasteiger partial charge in [-0.15, -0.1) is 0 Å². The van der Waals surface area contributed by atoms with Gasteiger partial charge >= 0.3 is 6.18 Å². The number of nitrogens with two attached hydrogens (primary N) is 1. The molecule has 1 rings (SSSR count). The molecule has 0 bridgehead atoms. The van der Waals surface area contributed by atoms with Crippen LogP contribution in [0.1, 0.15) is 13.8 Å². The van der Waals surface area contributed by atoms with Gasteiger partial charge in [0.1, 0.15) is 0 Å². The summed E-state index contributed by atoms with van der Waals surface area (Å²) in [7, 11) is 1.63. The highest BCUT2D eigenvalue weighted by atomic mass is 19.4. The molecule has 1 aliphatic rings. The maximum Gasteiger partial charge on any atom is 0.401 e. The fourth-order valence-electron chi connectivity index (χ4n) is 2.90. The Hall–Kier alpha value is -0.370. The molecule has 0 aromatic carbocycles. The monoisotopic (exact) mass is 297 g/mol. The minimum absolute atomic E-state index is 0.279. The molecule has 0 radical (unpaired) electrons. The summed E-state index contributed by atoms with van der Waals surface area (Å²) >= 11 is 0. The quantitative estimate of drug-likeness (QED) is 0.799. The zero-order valence-electron chi connectivity index (χ0n) is 12.5. The maximum absolute atomic E-state index is 12.4. The van der Waals surface area contributed by atoms with E-state index in [9.17, 15) is 13.2 Å². The number of hydrogen-bond donors (Lipinski definition) is 1. The van der Waals surface area contributed by atoms with E-state index in [4.69, 9.17) is 10.5 Å². The van der Waals surface area contributed by atoms with Crippen LogP contribution in [0.4, 0.5) is 13.2 Å². The first kappa shape index (κ1) is 17.7. The summed E-state index contributed by atoms with van der Waals surface area (Å²) in [5.74, 6) is 0.279. The number of methoxy groups -OCH3 is 1. The van der Waals surface area contributed by atoms with Crippen LogP contribution >= 0.6 is 0 Å². The lowest BCUT2D eigenvalue weighted by Crippen LogP contribution is -2.65. The lowest BCUT2D eigenvalue weighted by Gasteiger charge is -2.49. The third kappa shape index (κ3) is 4.31. The first-order chi connectivity index (χ1) is 9.25. The van der Waals surface area contributed by atoms with Crippen molar-refractivity contribution in [2.45, 2.75) is 25.6 Å². The molecule has 1 aliphatic heterocycles. The lowest BCUT2D eigenvalue weighted by molar-refractivity contribution is -0.152. The molecule has 1 fully saturated rings. The van der Waals surface area contributed by atoms with Crippen LogP contribution in [0.15, 0.2) is 0 Å². The normalized spacial score (nSPS) is 22.2. The molecule has 0 aromatic rings. The predicted molar refractivity (Wildman–Crippen MR) is 72.6 cm³/mol. The van der Waals surface area contributed by atoms with Gasteiger partial charge in [-0.25, -0.2) is 0 Å². The van der Waals surface area contributed by atoms with Crippen LogP contribution in [0.2, 0.25) is 0 Å². The van der Waals surface area contributed by atoms with E-state index in [0.29, 0.717) is 39.3 Å². The zero-order chi connectivity index (χ0) is 15.4. The number of ether oxygens (including phenoxy) is 1. The van der Waals surface area contributed by atoms with Gasteiger partial charge in [0.15, 0.2) is 0 Å². The molecule has 7 heteroatoms. The van der Waals surface area contributed by atoms with Gasteiger partial charge < -0.3 is 10.5 Å². The first-order valence-electron chi connectivity index (χ1n) is 6.98. The van der Waals surface area contributed by atoms with Crippen LogP contribution in [0, 0.1) is 5.92 Å². The van der Waals surface area contributed by atoms with E-state index in [0.717, 1.165) is 0 Å². The number of hydrogen-bond acceptors (Lipinski definition) is 4. The zero-order valence-corrected chi connectivity index (χ0v) is 12.5. The van der Waals surface area contributed by atoms with Crippen molar-refractivity contribution in [3.63, 3.8) is 0 Å². The molecule has 0 amide bonds. The van der Waals surface area contributed by atoms with Crippen molar-refractivity contribution in [1.82, 2.24) is 9.80 Å². The standard InChI is InChI=1S/C13H26F3N3O/c1-11(2)12(8-17,10-20-3)19-6-4-18(5-7-19)9-13(14,15)16/h11H,4-10,17H2,1-3H3. The van der Waals surface area contributed by atoms with E-state index in [1.165, 1.54) is 4.90 Å². The molecule has 1 atom stereocenters. The van der Waals surface area contributed by atoms with Crippen molar-refractivity contribution in [3.8, 4) is 0 Å². The van der Waals surface area contributed by atoms with Crippen LogP contribution in [0.3, 0.4) is 0 Å². The van der Waals surface area contributed by atoms with Gasteiger partial charge in [-0.1, -0.05) is 13.8 Å². The summed E-state index contributed by atoms with van der Waals surface area (Å²) < 4.78 is 42.5. The molecule has 20 heavy (non-hydrogen) atoms. The van der Waals surface area contributed by atoms with Crippen LogP contribution in [0.25, 0.3) is 0 Å². The van der Waals surface area contributed by atoms with E-state index in [1.807, 2.05) is 0 Å². The van der Waals surface area contributed by atoms with Gasteiger partial charge in [0.2, 0.25) is 0 Å². The summed E-state index contributed by atoms with van der Waals surface area (Å²) in [6, 6.07) is 0. The van der Waals surface area contributed by atoms with Gasteiger partial charge in [0.05, 0.1) is 18.7 Å². The van der Waals surface area contributed by atoms with E-state index in [-0.39, 0.29) is 11.5 Å². The van der Waals surface area contributed by atoms with Gasteiger partial charge in [-0.2, -0.15) is 13.2 Å². The summed E-state index contributed by atoms with van der Waals surface area (Å²) in [5, 5.41) is 0. The molecular weight excluding hydrogens is 271 g/mol. The van der Waals surface area contributed by atoms with Crippen LogP contribution < -0.4 is 5.73 Å². The second-order valence-corrected chi connectivity index (χ2v) is 5.77. The molecule has 1 unspecified atom stereocenters. The number of nitrogens with zero attached hydrogens (tertiary/aromatic N) is 2. The van der Waals surface area contributed by atoms with Crippen LogP contribution in [0.5, 0.6) is 0 Å². The van der Waals surface area contributed by atoms with E-state index in [2.05, 4.69) is 18.7 Å². The van der Waals surface area contributed by atoms with Crippen molar-refractivity contribution in [2.75, 3.05) is 53.0 Å². The van der Waals surface area contributed by atoms with E-state index in [1.54, 1.807) is 7.11 Å². The maximum atomic E-state index is 12.4. The van der Waals surface area contributed by atoms with E-state index < -0.39 is 12.7 Å². The first-order valence-corrected chi connectivity index (χ1v) is 6.98. The average molecular weight is 297 g/mol. The Morgan fingerprint density at radius 1 is 1.15 bits per heavy atom. The third-order valence-electron chi connectivity index (χ3n) is 4.23. The highest BCUT2D eigenvalue weighted by Crippen LogP contribution is 2.27. The Labute approximate surface area is 119 Å². The summed E-state index contributed by atoms with van der Waals surface area (Å²) in [5.41, 5.74) is 5.65. The number of alkyl halides is 3. The molecule has 1 saturated heterocycles. The second-order valence-electron chi connectivity index (χ2n) is 5.77.